The molecule has 0 aliphatic carbocycles. The number of aromatic nitrogens is 2. The van der Waals surface area contributed by atoms with Crippen LogP contribution in [0.2, 0.25) is 15.1 Å². The number of halogens is 3. The molecule has 5 nitrogen and oxygen atoms in total. The first kappa shape index (κ1) is 21.7. The molecule has 0 aliphatic heterocycles. The van der Waals surface area contributed by atoms with E-state index in [1.165, 1.54) is 0 Å². The number of amides is 1. The summed E-state index contributed by atoms with van der Waals surface area (Å²) in [7, 11) is 0. The monoisotopic (exact) mass is 451 g/mol. The van der Waals surface area contributed by atoms with Gasteiger partial charge in [-0.3, -0.25) is 14.2 Å². The van der Waals surface area contributed by atoms with E-state index in [0.29, 0.717) is 32.1 Å². The number of carbonyl (C=O) groups is 1. The Balaban J connectivity index is 2.17. The van der Waals surface area contributed by atoms with Gasteiger partial charge in [0.15, 0.2) is 5.69 Å². The normalized spacial score (nSPS) is 11.6. The first-order chi connectivity index (χ1) is 13.6. The van der Waals surface area contributed by atoms with E-state index in [0.717, 1.165) is 5.69 Å². The first-order valence-electron chi connectivity index (χ1n) is 8.86. The number of nitrogens with zero attached hydrogens (tertiary/aromatic N) is 2. The molecule has 29 heavy (non-hydrogen) atoms. The summed E-state index contributed by atoms with van der Waals surface area (Å²) in [5.41, 5.74) is 4.14. The highest BCUT2D eigenvalue weighted by molar-refractivity contribution is 6.43. The molecule has 3 rings (SSSR count). The van der Waals surface area contributed by atoms with Crippen LogP contribution in [0.3, 0.4) is 0 Å². The molecule has 0 spiro atoms. The summed E-state index contributed by atoms with van der Waals surface area (Å²) in [6.07, 6.45) is 0. The van der Waals surface area contributed by atoms with Crippen molar-refractivity contribution < 1.29 is 9.63 Å². The Bertz CT molecular complexity index is 1050. The molecule has 0 bridgehead atoms. The van der Waals surface area contributed by atoms with Crippen LogP contribution in [0, 0.1) is 6.92 Å². The fourth-order valence-electron chi connectivity index (χ4n) is 2.73. The number of benzene rings is 2. The Morgan fingerprint density at radius 2 is 1.72 bits per heavy atom. The van der Waals surface area contributed by atoms with E-state index in [-0.39, 0.29) is 5.69 Å². The molecule has 1 amide bonds. The van der Waals surface area contributed by atoms with Gasteiger partial charge in [0.05, 0.1) is 21.3 Å². The molecule has 1 N–H and O–H groups in total. The predicted molar refractivity (Wildman–Crippen MR) is 117 cm³/mol. The zero-order valence-corrected chi connectivity index (χ0v) is 18.7. The molecular weight excluding hydrogens is 433 g/mol. The number of rotatable bonds is 4. The predicted octanol–water partition coefficient (Wildman–Crippen LogP) is 6.27. The third kappa shape index (κ3) is 4.75. The molecule has 152 valence electrons. The smallest absolute Gasteiger partial charge is 0.295 e. The lowest BCUT2D eigenvalue weighted by molar-refractivity contribution is -0.0591. The zero-order valence-electron chi connectivity index (χ0n) is 16.4. The Morgan fingerprint density at radius 3 is 2.34 bits per heavy atom. The molecule has 2 aromatic carbocycles. The van der Waals surface area contributed by atoms with E-state index in [9.17, 15) is 4.79 Å². The van der Waals surface area contributed by atoms with Gasteiger partial charge in [-0.15, -0.1) is 0 Å². The van der Waals surface area contributed by atoms with E-state index in [1.54, 1.807) is 37.3 Å². The van der Waals surface area contributed by atoms with Crippen molar-refractivity contribution in [3.8, 4) is 17.1 Å². The number of carbonyl (C=O) groups excluding carboxylic acids is 1. The van der Waals surface area contributed by atoms with Gasteiger partial charge in [-0.25, -0.2) is 10.5 Å². The molecule has 0 fully saturated rings. The molecule has 0 aliphatic rings. The second kappa shape index (κ2) is 8.36. The summed E-state index contributed by atoms with van der Waals surface area (Å²) in [5, 5.41) is 1.35. The van der Waals surface area contributed by atoms with Gasteiger partial charge in [0.2, 0.25) is 0 Å². The largest absolute Gasteiger partial charge is 0.296 e. The van der Waals surface area contributed by atoms with Crippen molar-refractivity contribution >= 4 is 40.7 Å². The molecule has 1 heterocycles. The molecular formula is C21H20Cl3N3O2. The fourth-order valence-corrected chi connectivity index (χ4v) is 3.24. The van der Waals surface area contributed by atoms with E-state index >= 15 is 0 Å². The Hall–Kier alpha value is -2.05. The Morgan fingerprint density at radius 1 is 1.07 bits per heavy atom. The highest BCUT2D eigenvalue weighted by Crippen LogP contribution is 2.35. The minimum Gasteiger partial charge on any atom is -0.296 e. The van der Waals surface area contributed by atoms with Crippen molar-refractivity contribution in [1.29, 1.82) is 0 Å². The topological polar surface area (TPSA) is 56.1 Å². The first-order valence-corrected chi connectivity index (χ1v) is 10.00. The molecule has 1 aromatic heterocycles. The summed E-state index contributed by atoms with van der Waals surface area (Å²) >= 11 is 18.7. The third-order valence-electron chi connectivity index (χ3n) is 4.05. The van der Waals surface area contributed by atoms with Gasteiger partial charge in [0.25, 0.3) is 5.91 Å². The molecule has 0 saturated carbocycles. The maximum absolute atomic E-state index is 12.8. The van der Waals surface area contributed by atoms with Gasteiger partial charge in [0.1, 0.15) is 5.82 Å². The average molecular weight is 453 g/mol. The highest BCUT2D eigenvalue weighted by Gasteiger charge is 2.24. The van der Waals surface area contributed by atoms with Gasteiger partial charge < -0.3 is 0 Å². The van der Waals surface area contributed by atoms with Crippen LogP contribution in [-0.4, -0.2) is 21.1 Å². The lowest BCUT2D eigenvalue weighted by Gasteiger charge is -2.18. The van der Waals surface area contributed by atoms with Crippen LogP contribution >= 0.6 is 34.8 Å². The van der Waals surface area contributed by atoms with Gasteiger partial charge in [0, 0.05) is 16.3 Å². The molecule has 3 aromatic rings. The van der Waals surface area contributed by atoms with Crippen LogP contribution in [0.15, 0.2) is 42.5 Å². The van der Waals surface area contributed by atoms with Gasteiger partial charge >= 0.3 is 0 Å². The molecule has 0 saturated heterocycles. The molecule has 0 unspecified atom stereocenters. The molecule has 8 heteroatoms. The number of hydrogen-bond acceptors (Lipinski definition) is 3. The molecule has 0 atom stereocenters. The lowest BCUT2D eigenvalue weighted by Crippen LogP contribution is -2.34. The summed E-state index contributed by atoms with van der Waals surface area (Å²) < 4.78 is 1.83. The summed E-state index contributed by atoms with van der Waals surface area (Å²) in [5.74, 6) is 0.0303. The highest BCUT2D eigenvalue weighted by atomic mass is 35.5. The number of imidazole rings is 1. The fraction of sp³-hybridized carbons (Fsp3) is 0.238. The van der Waals surface area contributed by atoms with Gasteiger partial charge in [-0.05, 0) is 64.1 Å². The van der Waals surface area contributed by atoms with Crippen LogP contribution in [0.1, 0.15) is 37.0 Å². The lowest BCUT2D eigenvalue weighted by atomic mass is 10.2. The minimum absolute atomic E-state index is 0.218. The maximum Gasteiger partial charge on any atom is 0.295 e. The van der Waals surface area contributed by atoms with E-state index in [2.05, 4.69) is 10.5 Å². The Kier molecular flexibility index (Phi) is 6.24. The minimum atomic E-state index is -0.540. The maximum atomic E-state index is 12.8. The third-order valence-corrected chi connectivity index (χ3v) is 5.12. The van der Waals surface area contributed by atoms with Crippen LogP contribution in [-0.2, 0) is 4.84 Å². The van der Waals surface area contributed by atoms with Crippen LogP contribution < -0.4 is 5.48 Å². The van der Waals surface area contributed by atoms with Crippen molar-refractivity contribution in [1.82, 2.24) is 15.0 Å². The van der Waals surface area contributed by atoms with E-state index in [4.69, 9.17) is 39.6 Å². The van der Waals surface area contributed by atoms with Crippen molar-refractivity contribution in [2.45, 2.75) is 33.3 Å². The van der Waals surface area contributed by atoms with Crippen LogP contribution in [0.4, 0.5) is 0 Å². The zero-order chi connectivity index (χ0) is 21.3. The van der Waals surface area contributed by atoms with Crippen molar-refractivity contribution in [2.24, 2.45) is 0 Å². The van der Waals surface area contributed by atoms with Crippen molar-refractivity contribution in [3.05, 3.63) is 68.9 Å². The number of hydroxylamine groups is 1. The van der Waals surface area contributed by atoms with Crippen molar-refractivity contribution in [3.63, 3.8) is 0 Å². The molecule has 0 radical (unpaired) electrons. The quantitative estimate of drug-likeness (QED) is 0.475. The second-order valence-corrected chi connectivity index (χ2v) is 8.65. The standard InChI is InChI=1S/C21H20Cl3N3O2/c1-12-18(20(28)26-29-21(2,3)4)25-19(15-6-5-7-16(23)17(15)24)27(12)14-10-8-13(22)9-11-14/h5-11H,1-4H3,(H,26,28). The summed E-state index contributed by atoms with van der Waals surface area (Å²) in [6, 6.07) is 12.5. The second-order valence-electron chi connectivity index (χ2n) is 7.43. The van der Waals surface area contributed by atoms with E-state index < -0.39 is 11.5 Å². The van der Waals surface area contributed by atoms with E-state index in [1.807, 2.05) is 37.5 Å². The number of nitrogens with one attached hydrogen (secondary N) is 1. The van der Waals surface area contributed by atoms with Crippen molar-refractivity contribution in [2.75, 3.05) is 0 Å². The Labute approximate surface area is 184 Å². The SMILES string of the molecule is Cc1c(C(=O)NOC(C)(C)C)nc(-c2cccc(Cl)c2Cl)n1-c1ccc(Cl)cc1. The van der Waals surface area contributed by atoms with Gasteiger partial charge in [-0.1, -0.05) is 40.9 Å². The van der Waals surface area contributed by atoms with Crippen LogP contribution in [0.5, 0.6) is 0 Å². The van der Waals surface area contributed by atoms with Gasteiger partial charge in [-0.2, -0.15) is 0 Å². The van der Waals surface area contributed by atoms with Crippen LogP contribution in [0.25, 0.3) is 17.1 Å². The number of hydrogen-bond donors (Lipinski definition) is 1. The summed E-state index contributed by atoms with van der Waals surface area (Å²) in [4.78, 5) is 22.7. The average Bonchev–Trinajstić information content (AvgIpc) is 2.99. The summed E-state index contributed by atoms with van der Waals surface area (Å²) in [6.45, 7) is 7.31.